The molecule has 2 N–H and O–H groups in total. The molecule has 0 radical (unpaired) electrons. The Morgan fingerprint density at radius 3 is 2.85 bits per heavy atom. The first-order valence-corrected chi connectivity index (χ1v) is 6.30. The maximum atomic E-state index is 11.6. The topological polar surface area (TPSA) is 78.6 Å². The fourth-order valence-corrected chi connectivity index (χ4v) is 1.65. The maximum Gasteiger partial charge on any atom is 0.317 e. The van der Waals surface area contributed by atoms with Crippen LogP contribution in [-0.4, -0.2) is 41.2 Å². The standard InChI is InChI=1S/C14H17N3O3/c1-17(7-8-18)14(19)15-9-12-10-20-13(16-12)11-5-3-2-4-6-11/h2-6,10,18H,7-9H2,1H3,(H,15,19). The summed E-state index contributed by atoms with van der Waals surface area (Å²) in [4.78, 5) is 17.3. The minimum Gasteiger partial charge on any atom is -0.444 e. The Morgan fingerprint density at radius 2 is 2.15 bits per heavy atom. The van der Waals surface area contributed by atoms with E-state index in [0.717, 1.165) is 5.56 Å². The van der Waals surface area contributed by atoms with Gasteiger partial charge in [0.15, 0.2) is 0 Å². The number of carbonyl (C=O) groups is 1. The highest BCUT2D eigenvalue weighted by molar-refractivity contribution is 5.73. The van der Waals surface area contributed by atoms with E-state index in [-0.39, 0.29) is 19.2 Å². The zero-order valence-electron chi connectivity index (χ0n) is 11.2. The molecule has 0 aliphatic carbocycles. The number of nitrogens with one attached hydrogen (secondary N) is 1. The third-order valence-electron chi connectivity index (χ3n) is 2.78. The third-order valence-corrected chi connectivity index (χ3v) is 2.78. The van der Waals surface area contributed by atoms with E-state index in [9.17, 15) is 4.79 Å². The second-order valence-electron chi connectivity index (χ2n) is 4.31. The molecule has 0 aliphatic rings. The number of aromatic nitrogens is 1. The number of hydrogen-bond donors (Lipinski definition) is 2. The van der Waals surface area contributed by atoms with Gasteiger partial charge in [-0.15, -0.1) is 0 Å². The van der Waals surface area contributed by atoms with Crippen LogP contribution in [0.15, 0.2) is 41.0 Å². The van der Waals surface area contributed by atoms with Gasteiger partial charge in [-0.25, -0.2) is 9.78 Å². The number of aliphatic hydroxyl groups is 1. The van der Waals surface area contributed by atoms with E-state index in [1.54, 1.807) is 7.05 Å². The van der Waals surface area contributed by atoms with Crippen molar-refractivity contribution in [1.82, 2.24) is 15.2 Å². The Kier molecular flexibility index (Phi) is 4.73. The van der Waals surface area contributed by atoms with Crippen LogP contribution in [-0.2, 0) is 6.54 Å². The Hall–Kier alpha value is -2.34. The van der Waals surface area contributed by atoms with Crippen molar-refractivity contribution < 1.29 is 14.3 Å². The Labute approximate surface area is 117 Å². The van der Waals surface area contributed by atoms with Gasteiger partial charge >= 0.3 is 6.03 Å². The molecule has 2 rings (SSSR count). The van der Waals surface area contributed by atoms with E-state index in [2.05, 4.69) is 10.3 Å². The molecule has 0 aliphatic heterocycles. The quantitative estimate of drug-likeness (QED) is 0.866. The van der Waals surface area contributed by atoms with Crippen molar-refractivity contribution >= 4 is 6.03 Å². The monoisotopic (exact) mass is 275 g/mol. The first kappa shape index (κ1) is 14.1. The van der Waals surface area contributed by atoms with Crippen LogP contribution in [0.5, 0.6) is 0 Å². The van der Waals surface area contributed by atoms with Gasteiger partial charge in [0.2, 0.25) is 5.89 Å². The summed E-state index contributed by atoms with van der Waals surface area (Å²) in [5, 5.41) is 11.5. The predicted molar refractivity (Wildman–Crippen MR) is 73.9 cm³/mol. The zero-order chi connectivity index (χ0) is 14.4. The summed E-state index contributed by atoms with van der Waals surface area (Å²) >= 11 is 0. The number of urea groups is 1. The zero-order valence-corrected chi connectivity index (χ0v) is 11.2. The number of rotatable bonds is 5. The van der Waals surface area contributed by atoms with E-state index in [1.807, 2.05) is 30.3 Å². The Bertz CT molecular complexity index is 554. The number of oxazole rings is 1. The first-order valence-electron chi connectivity index (χ1n) is 6.30. The van der Waals surface area contributed by atoms with Crippen molar-refractivity contribution in [3.8, 4) is 11.5 Å². The van der Waals surface area contributed by atoms with Gasteiger partial charge in [0.05, 0.1) is 18.8 Å². The van der Waals surface area contributed by atoms with E-state index in [4.69, 9.17) is 9.52 Å². The molecule has 1 aromatic heterocycles. The molecular formula is C14H17N3O3. The first-order chi connectivity index (χ1) is 9.70. The SMILES string of the molecule is CN(CCO)C(=O)NCc1coc(-c2ccccc2)n1. The van der Waals surface area contributed by atoms with Gasteiger partial charge in [-0.3, -0.25) is 0 Å². The van der Waals surface area contributed by atoms with Gasteiger partial charge in [0.1, 0.15) is 6.26 Å². The molecule has 1 heterocycles. The molecule has 0 atom stereocenters. The normalized spacial score (nSPS) is 10.3. The largest absolute Gasteiger partial charge is 0.444 e. The summed E-state index contributed by atoms with van der Waals surface area (Å²) in [5.74, 6) is 0.526. The van der Waals surface area contributed by atoms with Crippen molar-refractivity contribution in [2.75, 3.05) is 20.2 Å². The lowest BCUT2D eigenvalue weighted by Gasteiger charge is -2.15. The van der Waals surface area contributed by atoms with Crippen LogP contribution in [0.3, 0.4) is 0 Å². The molecular weight excluding hydrogens is 258 g/mol. The van der Waals surface area contributed by atoms with Crippen LogP contribution in [0.4, 0.5) is 4.79 Å². The predicted octanol–water partition coefficient (Wildman–Crippen LogP) is 1.48. The van der Waals surface area contributed by atoms with E-state index in [1.165, 1.54) is 11.2 Å². The number of aliphatic hydroxyl groups excluding tert-OH is 1. The van der Waals surface area contributed by atoms with Crippen molar-refractivity contribution in [2.24, 2.45) is 0 Å². The summed E-state index contributed by atoms with van der Waals surface area (Å²) < 4.78 is 5.37. The lowest BCUT2D eigenvalue weighted by molar-refractivity contribution is 0.190. The molecule has 20 heavy (non-hydrogen) atoms. The lowest BCUT2D eigenvalue weighted by Crippen LogP contribution is -2.38. The minimum absolute atomic E-state index is 0.0635. The third kappa shape index (κ3) is 3.58. The number of nitrogens with zero attached hydrogens (tertiary/aromatic N) is 2. The van der Waals surface area contributed by atoms with Crippen molar-refractivity contribution in [3.63, 3.8) is 0 Å². The second-order valence-corrected chi connectivity index (χ2v) is 4.31. The van der Waals surface area contributed by atoms with Gasteiger partial charge in [0.25, 0.3) is 0 Å². The summed E-state index contributed by atoms with van der Waals surface area (Å²) in [6.07, 6.45) is 1.52. The molecule has 6 nitrogen and oxygen atoms in total. The van der Waals surface area contributed by atoms with E-state index in [0.29, 0.717) is 18.1 Å². The van der Waals surface area contributed by atoms with Crippen LogP contribution < -0.4 is 5.32 Å². The highest BCUT2D eigenvalue weighted by Gasteiger charge is 2.10. The van der Waals surface area contributed by atoms with Crippen molar-refractivity contribution in [1.29, 1.82) is 0 Å². The lowest BCUT2D eigenvalue weighted by atomic mass is 10.2. The van der Waals surface area contributed by atoms with Gasteiger partial charge in [-0.05, 0) is 12.1 Å². The molecule has 2 amide bonds. The highest BCUT2D eigenvalue weighted by atomic mass is 16.3. The maximum absolute atomic E-state index is 11.6. The molecule has 0 bridgehead atoms. The molecule has 2 aromatic rings. The molecule has 0 saturated carbocycles. The average molecular weight is 275 g/mol. The van der Waals surface area contributed by atoms with Gasteiger partial charge in [-0.1, -0.05) is 18.2 Å². The molecule has 0 unspecified atom stereocenters. The number of benzene rings is 1. The summed E-state index contributed by atoms with van der Waals surface area (Å²) in [6.45, 7) is 0.511. The molecule has 106 valence electrons. The fraction of sp³-hybridized carbons (Fsp3) is 0.286. The van der Waals surface area contributed by atoms with E-state index >= 15 is 0 Å². The number of hydrogen-bond acceptors (Lipinski definition) is 4. The summed E-state index contributed by atoms with van der Waals surface area (Å²) in [6, 6.07) is 9.29. The van der Waals surface area contributed by atoms with E-state index < -0.39 is 0 Å². The number of amides is 2. The molecule has 6 heteroatoms. The number of likely N-dealkylation sites (N-methyl/N-ethyl adjacent to an activating group) is 1. The van der Waals surface area contributed by atoms with Crippen LogP contribution in [0.25, 0.3) is 11.5 Å². The molecule has 0 spiro atoms. The molecule has 0 fully saturated rings. The number of carbonyl (C=O) groups excluding carboxylic acids is 1. The minimum atomic E-state index is -0.261. The Morgan fingerprint density at radius 1 is 1.40 bits per heavy atom. The van der Waals surface area contributed by atoms with Crippen LogP contribution in [0.1, 0.15) is 5.69 Å². The van der Waals surface area contributed by atoms with Crippen molar-refractivity contribution in [3.05, 3.63) is 42.3 Å². The second kappa shape index (κ2) is 6.72. The molecule has 0 saturated heterocycles. The van der Waals surface area contributed by atoms with Crippen LogP contribution in [0.2, 0.25) is 0 Å². The van der Waals surface area contributed by atoms with Crippen LogP contribution in [0, 0.1) is 0 Å². The van der Waals surface area contributed by atoms with Crippen LogP contribution >= 0.6 is 0 Å². The smallest absolute Gasteiger partial charge is 0.317 e. The van der Waals surface area contributed by atoms with Gasteiger partial charge < -0.3 is 19.7 Å². The fourth-order valence-electron chi connectivity index (χ4n) is 1.65. The average Bonchev–Trinajstić information content (AvgIpc) is 2.95. The van der Waals surface area contributed by atoms with Crippen molar-refractivity contribution in [2.45, 2.75) is 6.54 Å². The highest BCUT2D eigenvalue weighted by Crippen LogP contribution is 2.17. The summed E-state index contributed by atoms with van der Waals surface area (Å²) in [5.41, 5.74) is 1.54. The summed E-state index contributed by atoms with van der Waals surface area (Å²) in [7, 11) is 1.61. The Balaban J connectivity index is 1.92. The van der Waals surface area contributed by atoms with Gasteiger partial charge in [0, 0.05) is 19.2 Å². The molecule has 1 aromatic carbocycles. The van der Waals surface area contributed by atoms with Gasteiger partial charge in [-0.2, -0.15) is 0 Å².